The number of carbonyl (C=O) groups is 4. The van der Waals surface area contributed by atoms with Crippen LogP contribution in [0.5, 0.6) is 0 Å². The van der Waals surface area contributed by atoms with Gasteiger partial charge in [0.2, 0.25) is 0 Å². The Morgan fingerprint density at radius 2 is 1.23 bits per heavy atom. The van der Waals surface area contributed by atoms with Gasteiger partial charge >= 0.3 is 0 Å². The lowest BCUT2D eigenvalue weighted by atomic mass is 9.78. The molecule has 8 N–H and O–H groups in total. The van der Waals surface area contributed by atoms with E-state index in [9.17, 15) is 19.2 Å². The van der Waals surface area contributed by atoms with Crippen molar-refractivity contribution >= 4 is 52.0 Å². The highest BCUT2D eigenvalue weighted by Gasteiger charge is 2.29. The average Bonchev–Trinajstić information content (AvgIpc) is 3.64. The number of anilines is 1. The molecule has 4 amide bonds. The van der Waals surface area contributed by atoms with E-state index in [2.05, 4.69) is 21.3 Å². The summed E-state index contributed by atoms with van der Waals surface area (Å²) in [6.07, 6.45) is 2.47. The molecule has 40 heavy (non-hydrogen) atoms. The van der Waals surface area contributed by atoms with E-state index in [0.717, 1.165) is 53.1 Å². The summed E-state index contributed by atoms with van der Waals surface area (Å²) in [7, 11) is 0. The van der Waals surface area contributed by atoms with Crippen LogP contribution in [0.3, 0.4) is 0 Å². The second kappa shape index (κ2) is 12.2. The molecule has 1 aromatic carbocycles. The molecule has 1 aliphatic carbocycles. The van der Waals surface area contributed by atoms with E-state index in [1.54, 1.807) is 36.4 Å². The van der Waals surface area contributed by atoms with Gasteiger partial charge in [-0.1, -0.05) is 12.1 Å². The van der Waals surface area contributed by atoms with E-state index >= 15 is 0 Å². The van der Waals surface area contributed by atoms with Gasteiger partial charge in [0.25, 0.3) is 23.6 Å². The molecule has 10 nitrogen and oxygen atoms in total. The second-order valence-corrected chi connectivity index (χ2v) is 12.4. The lowest BCUT2D eigenvalue weighted by Gasteiger charge is -2.34. The van der Waals surface area contributed by atoms with Crippen LogP contribution in [0.2, 0.25) is 0 Å². The van der Waals surface area contributed by atoms with Crippen LogP contribution in [-0.4, -0.2) is 42.8 Å². The van der Waals surface area contributed by atoms with Crippen LogP contribution < -0.4 is 32.7 Å². The summed E-state index contributed by atoms with van der Waals surface area (Å²) in [6, 6.07) is 11.9. The quantitative estimate of drug-likeness (QED) is 0.223. The van der Waals surface area contributed by atoms with Crippen molar-refractivity contribution in [2.24, 2.45) is 17.6 Å². The highest BCUT2D eigenvalue weighted by Crippen LogP contribution is 2.28. The molecule has 3 aromatic rings. The Kier molecular flexibility index (Phi) is 8.48. The Morgan fingerprint density at radius 3 is 1.80 bits per heavy atom. The molecule has 4 aliphatic heterocycles. The summed E-state index contributed by atoms with van der Waals surface area (Å²) in [4.78, 5) is 52.7. The fraction of sp³-hybridized carbons (Fsp3) is 0.357. The van der Waals surface area contributed by atoms with Crippen molar-refractivity contribution in [2.45, 2.75) is 38.4 Å². The fourth-order valence-corrected chi connectivity index (χ4v) is 6.72. The number of thiophene rings is 2. The largest absolute Gasteiger partial charge is 0.398 e. The molecule has 5 aliphatic rings. The Balaban J connectivity index is 1.32. The predicted octanol–water partition coefficient (Wildman–Crippen LogP) is 2.47. The number of amides is 4. The number of hydrogen-bond acceptors (Lipinski definition) is 8. The van der Waals surface area contributed by atoms with Crippen molar-refractivity contribution in [3.63, 3.8) is 0 Å². The minimum Gasteiger partial charge on any atom is -0.398 e. The summed E-state index contributed by atoms with van der Waals surface area (Å²) in [5, 5.41) is 11.7. The average molecular weight is 581 g/mol. The zero-order chi connectivity index (χ0) is 28.2. The van der Waals surface area contributed by atoms with Crippen molar-refractivity contribution in [1.82, 2.24) is 21.3 Å². The monoisotopic (exact) mass is 580 g/mol. The van der Waals surface area contributed by atoms with Gasteiger partial charge in [-0.2, -0.15) is 0 Å². The first-order valence-electron chi connectivity index (χ1n) is 13.2. The zero-order valence-electron chi connectivity index (χ0n) is 21.8. The summed E-state index contributed by atoms with van der Waals surface area (Å²) < 4.78 is 0. The molecule has 8 rings (SSSR count). The Labute approximate surface area is 239 Å². The predicted molar refractivity (Wildman–Crippen MR) is 155 cm³/mol. The normalized spacial score (nSPS) is 22.8. The minimum absolute atomic E-state index is 0.0996. The summed E-state index contributed by atoms with van der Waals surface area (Å²) >= 11 is 2.28. The zero-order valence-corrected chi connectivity index (χ0v) is 23.5. The third-order valence-corrected chi connectivity index (χ3v) is 9.61. The molecule has 0 spiro atoms. The number of rotatable bonds is 0. The molecule has 1 saturated carbocycles. The third kappa shape index (κ3) is 6.52. The van der Waals surface area contributed by atoms with E-state index in [4.69, 9.17) is 11.5 Å². The van der Waals surface area contributed by atoms with Gasteiger partial charge in [-0.05, 0) is 72.6 Å². The number of nitrogen functional groups attached to an aromatic ring is 1. The van der Waals surface area contributed by atoms with E-state index in [0.29, 0.717) is 38.3 Å². The van der Waals surface area contributed by atoms with Gasteiger partial charge in [0.05, 0.1) is 19.5 Å². The Hall–Kier alpha value is -3.74. The summed E-state index contributed by atoms with van der Waals surface area (Å²) in [6.45, 7) is 1.44. The van der Waals surface area contributed by atoms with Crippen molar-refractivity contribution in [3.05, 3.63) is 73.1 Å². The smallest absolute Gasteiger partial charge is 0.261 e. The molecule has 0 saturated heterocycles. The van der Waals surface area contributed by atoms with E-state index in [1.165, 1.54) is 0 Å². The molecule has 1 fully saturated rings. The van der Waals surface area contributed by atoms with Gasteiger partial charge in [0.15, 0.2) is 0 Å². The molecule has 8 bridgehead atoms. The van der Waals surface area contributed by atoms with Crippen LogP contribution in [0.1, 0.15) is 69.1 Å². The van der Waals surface area contributed by atoms with E-state index in [-0.39, 0.29) is 54.6 Å². The number of carbonyl (C=O) groups excluding carboxylic acids is 4. The molecule has 0 unspecified atom stereocenters. The number of nitrogens with two attached hydrogens (primary N) is 2. The fourth-order valence-electron chi connectivity index (χ4n) is 5.04. The van der Waals surface area contributed by atoms with Gasteiger partial charge in [0.1, 0.15) is 0 Å². The molecule has 210 valence electrons. The lowest BCUT2D eigenvalue weighted by molar-refractivity contribution is 0.0922. The summed E-state index contributed by atoms with van der Waals surface area (Å²) in [5.41, 5.74) is 14.7. The van der Waals surface area contributed by atoms with Crippen molar-refractivity contribution in [1.29, 1.82) is 0 Å². The summed E-state index contributed by atoms with van der Waals surface area (Å²) in [5.74, 6) is -0.624. The van der Waals surface area contributed by atoms with E-state index in [1.807, 2.05) is 6.07 Å². The topological polar surface area (TPSA) is 168 Å². The molecule has 2 aromatic heterocycles. The van der Waals surface area contributed by atoms with Crippen molar-refractivity contribution in [2.75, 3.05) is 18.8 Å². The van der Waals surface area contributed by atoms with Crippen LogP contribution in [0.25, 0.3) is 0 Å². The van der Waals surface area contributed by atoms with Crippen molar-refractivity contribution in [3.8, 4) is 0 Å². The highest BCUT2D eigenvalue weighted by molar-refractivity contribution is 7.16. The first-order chi connectivity index (χ1) is 19.3. The maximum atomic E-state index is 12.8. The van der Waals surface area contributed by atoms with Gasteiger partial charge in [-0.25, -0.2) is 0 Å². The molecule has 3 atom stereocenters. The second-order valence-electron chi connectivity index (χ2n) is 10.2. The van der Waals surface area contributed by atoms with Crippen LogP contribution >= 0.6 is 22.7 Å². The molecule has 6 heterocycles. The van der Waals surface area contributed by atoms with Crippen LogP contribution in [0.4, 0.5) is 5.69 Å². The first kappa shape index (κ1) is 27.8. The number of benzene rings is 1. The van der Waals surface area contributed by atoms with Gasteiger partial charge in [0, 0.05) is 37.9 Å². The first-order valence-corrected chi connectivity index (χ1v) is 14.9. The van der Waals surface area contributed by atoms with Crippen LogP contribution in [0, 0.1) is 11.8 Å². The van der Waals surface area contributed by atoms with Crippen LogP contribution in [0.15, 0.2) is 42.5 Å². The van der Waals surface area contributed by atoms with Crippen molar-refractivity contribution < 1.29 is 19.2 Å². The number of nitrogens with one attached hydrogen (secondary N) is 4. The van der Waals surface area contributed by atoms with Gasteiger partial charge < -0.3 is 32.7 Å². The highest BCUT2D eigenvalue weighted by atomic mass is 32.1. The lowest BCUT2D eigenvalue weighted by Crippen LogP contribution is -2.45. The standard InChI is InChI=1S/C28H32N6O4S2/c29-19-9-15-1-3-17(19)13-33-27(37)23-7-8-24(40-23)28(38)34-14-18-4-2-16(10-20(18)30)12-32-26(36)22-6-5-21(39-22)25(35)31-11-15/h1,3,5-9,16,18,20H,2,4,10-14,29-30H2,(H,31,35)(H,32,36)(H,33,37)(H,34,38)/t16-,18-,20-/m1/s1. The maximum Gasteiger partial charge on any atom is 0.261 e. The maximum absolute atomic E-state index is 12.8. The van der Waals surface area contributed by atoms with E-state index < -0.39 is 0 Å². The van der Waals surface area contributed by atoms with Gasteiger partial charge in [-0.3, -0.25) is 19.2 Å². The van der Waals surface area contributed by atoms with Gasteiger partial charge in [-0.15, -0.1) is 22.7 Å². The van der Waals surface area contributed by atoms with Crippen LogP contribution in [-0.2, 0) is 13.1 Å². The SMILES string of the molecule is Nc1cc2ccc1CNC(=O)c1ccc(s1)C(=O)NC[C@H]1CC[C@@H](CNC(=O)c3ccc(s3)C(=O)NC2)C[C@H]1N. The molecule has 12 heteroatoms. The molecule has 0 radical (unpaired) electrons. The minimum atomic E-state index is -0.288. The Bertz CT molecular complexity index is 1430. The Morgan fingerprint density at radius 1 is 0.675 bits per heavy atom. The number of hydrogen-bond donors (Lipinski definition) is 6. The molecular formula is C28H32N6O4S2. The third-order valence-electron chi connectivity index (χ3n) is 7.44. The molecular weight excluding hydrogens is 548 g/mol.